The molecule has 0 unspecified atom stereocenters. The van der Waals surface area contributed by atoms with Crippen molar-refractivity contribution in [3.8, 4) is 0 Å². The largest absolute Gasteiger partial charge is 0.325 e. The molecule has 0 bridgehead atoms. The highest BCUT2D eigenvalue weighted by Gasteiger charge is 2.56. The molecule has 0 radical (unpaired) electrons. The number of benzene rings is 2. The van der Waals surface area contributed by atoms with Gasteiger partial charge in [-0.05, 0) is 42.5 Å². The number of halogens is 2. The smallest absolute Gasteiger partial charge is 0.240 e. The minimum absolute atomic E-state index is 0.141. The van der Waals surface area contributed by atoms with Crippen LogP contribution in [-0.4, -0.2) is 11.8 Å². The summed E-state index contributed by atoms with van der Waals surface area (Å²) in [6.07, 6.45) is 0.772. The molecule has 0 aromatic heterocycles. The van der Waals surface area contributed by atoms with Gasteiger partial charge in [-0.1, -0.05) is 32.0 Å². The Morgan fingerprint density at radius 2 is 1.58 bits per heavy atom. The summed E-state index contributed by atoms with van der Waals surface area (Å²) in [5, 5.41) is 5.23. The van der Waals surface area contributed by atoms with Crippen molar-refractivity contribution in [2.24, 2.45) is 5.41 Å². The predicted molar refractivity (Wildman–Crippen MR) is 95.8 cm³/mol. The predicted octanol–water partition coefficient (Wildman–Crippen LogP) is 4.45. The molecule has 0 atom stereocenters. The number of amides is 2. The zero-order chi connectivity index (χ0) is 18.9. The fraction of sp³-hybridized carbons (Fsp3) is 0.300. The van der Waals surface area contributed by atoms with Crippen molar-refractivity contribution in [3.05, 3.63) is 59.7 Å². The molecule has 0 heterocycles. The summed E-state index contributed by atoms with van der Waals surface area (Å²) in [6, 6.07) is 10.3. The van der Waals surface area contributed by atoms with E-state index in [2.05, 4.69) is 10.6 Å². The molecular formula is C20H20F2N2O2. The number of para-hydroxylation sites is 1. The van der Waals surface area contributed by atoms with Gasteiger partial charge in [0.2, 0.25) is 11.8 Å². The minimum atomic E-state index is -1.22. The third-order valence-electron chi connectivity index (χ3n) is 4.63. The lowest BCUT2D eigenvalue weighted by molar-refractivity contribution is -0.131. The van der Waals surface area contributed by atoms with Crippen molar-refractivity contribution in [1.82, 2.24) is 0 Å². The molecular weight excluding hydrogens is 338 g/mol. The van der Waals surface area contributed by atoms with Gasteiger partial charge in [0, 0.05) is 11.8 Å². The maximum atomic E-state index is 13.8. The first kappa shape index (κ1) is 18.0. The highest BCUT2D eigenvalue weighted by atomic mass is 19.1. The summed E-state index contributed by atoms with van der Waals surface area (Å²) in [4.78, 5) is 25.3. The lowest BCUT2D eigenvalue weighted by Crippen LogP contribution is -2.36. The van der Waals surface area contributed by atoms with Crippen molar-refractivity contribution in [1.29, 1.82) is 0 Å². The van der Waals surface area contributed by atoms with Gasteiger partial charge < -0.3 is 10.6 Å². The Bertz CT molecular complexity index is 861. The first-order valence-corrected chi connectivity index (χ1v) is 8.50. The molecule has 0 saturated heterocycles. The number of hydrogen-bond donors (Lipinski definition) is 2. The molecule has 4 nitrogen and oxygen atoms in total. The molecule has 1 saturated carbocycles. The minimum Gasteiger partial charge on any atom is -0.325 e. The molecule has 1 aliphatic carbocycles. The van der Waals surface area contributed by atoms with Crippen LogP contribution in [0.5, 0.6) is 0 Å². The Morgan fingerprint density at radius 3 is 2.15 bits per heavy atom. The topological polar surface area (TPSA) is 58.2 Å². The van der Waals surface area contributed by atoms with Gasteiger partial charge in [0.1, 0.15) is 17.0 Å². The Kier molecular flexibility index (Phi) is 4.76. The molecule has 2 aromatic rings. The Balaban J connectivity index is 1.76. The molecule has 0 aliphatic heterocycles. The van der Waals surface area contributed by atoms with E-state index in [-0.39, 0.29) is 11.6 Å². The molecule has 136 valence electrons. The van der Waals surface area contributed by atoms with Crippen LogP contribution in [0.2, 0.25) is 0 Å². The van der Waals surface area contributed by atoms with E-state index in [0.29, 0.717) is 24.6 Å². The molecule has 1 fully saturated rings. The molecule has 26 heavy (non-hydrogen) atoms. The number of nitrogens with one attached hydrogen (secondary N) is 2. The van der Waals surface area contributed by atoms with Crippen molar-refractivity contribution in [3.63, 3.8) is 0 Å². The molecule has 2 amide bonds. The fourth-order valence-electron chi connectivity index (χ4n) is 2.87. The quantitative estimate of drug-likeness (QED) is 0.776. The van der Waals surface area contributed by atoms with Gasteiger partial charge in [0.05, 0.1) is 5.69 Å². The monoisotopic (exact) mass is 358 g/mol. The highest BCUT2D eigenvalue weighted by molar-refractivity contribution is 6.17. The molecule has 2 N–H and O–H groups in total. The third-order valence-corrected chi connectivity index (χ3v) is 4.63. The van der Waals surface area contributed by atoms with Crippen molar-refractivity contribution >= 4 is 23.2 Å². The molecule has 0 spiro atoms. The standard InChI is InChI=1S/C20H20F2N2O2/c1-12(2)14-5-3-4-6-16(14)23-18(25)20(9-10-20)19(26)24-17-8-7-13(21)11-15(17)22/h3-8,11-12H,9-10H2,1-2H3,(H,23,25)(H,24,26). The third kappa shape index (κ3) is 3.45. The van der Waals surface area contributed by atoms with Crippen LogP contribution in [0.1, 0.15) is 38.2 Å². The summed E-state index contributed by atoms with van der Waals surface area (Å²) in [6.45, 7) is 4.03. The van der Waals surface area contributed by atoms with Crippen molar-refractivity contribution in [2.45, 2.75) is 32.6 Å². The van der Waals surface area contributed by atoms with Crippen molar-refractivity contribution < 1.29 is 18.4 Å². The van der Waals surface area contributed by atoms with Crippen LogP contribution in [0.4, 0.5) is 20.2 Å². The Morgan fingerprint density at radius 1 is 0.962 bits per heavy atom. The highest BCUT2D eigenvalue weighted by Crippen LogP contribution is 2.48. The van der Waals surface area contributed by atoms with E-state index in [4.69, 9.17) is 0 Å². The maximum Gasteiger partial charge on any atom is 0.240 e. The Hall–Kier alpha value is -2.76. The number of carbonyl (C=O) groups is 2. The second-order valence-electron chi connectivity index (χ2n) is 6.86. The van der Waals surface area contributed by atoms with Gasteiger partial charge in [0.25, 0.3) is 0 Å². The SMILES string of the molecule is CC(C)c1ccccc1NC(=O)C1(C(=O)Nc2ccc(F)cc2F)CC1. The number of anilines is 2. The zero-order valence-corrected chi connectivity index (χ0v) is 14.6. The molecule has 6 heteroatoms. The lowest BCUT2D eigenvalue weighted by Gasteiger charge is -2.18. The average molecular weight is 358 g/mol. The lowest BCUT2D eigenvalue weighted by atomic mass is 9.99. The van der Waals surface area contributed by atoms with E-state index in [1.807, 2.05) is 32.0 Å². The average Bonchev–Trinajstić information content (AvgIpc) is 3.39. The number of rotatable bonds is 5. The second kappa shape index (κ2) is 6.86. The van der Waals surface area contributed by atoms with E-state index in [9.17, 15) is 18.4 Å². The van der Waals surface area contributed by atoms with Crippen LogP contribution in [0.15, 0.2) is 42.5 Å². The van der Waals surface area contributed by atoms with E-state index in [1.165, 1.54) is 0 Å². The maximum absolute atomic E-state index is 13.8. The van der Waals surface area contributed by atoms with Crippen LogP contribution in [0.3, 0.4) is 0 Å². The molecule has 3 rings (SSSR count). The van der Waals surface area contributed by atoms with Crippen molar-refractivity contribution in [2.75, 3.05) is 10.6 Å². The zero-order valence-electron chi connectivity index (χ0n) is 14.6. The van der Waals surface area contributed by atoms with Gasteiger partial charge >= 0.3 is 0 Å². The van der Waals surface area contributed by atoms with E-state index >= 15 is 0 Å². The van der Waals surface area contributed by atoms with Crippen LogP contribution in [0.25, 0.3) is 0 Å². The van der Waals surface area contributed by atoms with Gasteiger partial charge in [-0.3, -0.25) is 9.59 Å². The summed E-state index contributed by atoms with van der Waals surface area (Å²) >= 11 is 0. The first-order chi connectivity index (χ1) is 12.3. The van der Waals surface area contributed by atoms with Crippen LogP contribution < -0.4 is 10.6 Å². The summed E-state index contributed by atoms with van der Waals surface area (Å²) in [7, 11) is 0. The molecule has 1 aliphatic rings. The second-order valence-corrected chi connectivity index (χ2v) is 6.86. The van der Waals surface area contributed by atoms with Crippen LogP contribution in [0, 0.1) is 17.0 Å². The van der Waals surface area contributed by atoms with Crippen LogP contribution in [-0.2, 0) is 9.59 Å². The Labute approximate surface area is 150 Å². The van der Waals surface area contributed by atoms with Gasteiger partial charge in [0.15, 0.2) is 0 Å². The summed E-state index contributed by atoms with van der Waals surface area (Å²) in [5.74, 6) is -2.39. The fourth-order valence-corrected chi connectivity index (χ4v) is 2.87. The van der Waals surface area contributed by atoms with E-state index < -0.39 is 28.9 Å². The van der Waals surface area contributed by atoms with Gasteiger partial charge in [-0.2, -0.15) is 0 Å². The number of hydrogen-bond acceptors (Lipinski definition) is 2. The normalized spacial score (nSPS) is 14.8. The summed E-state index contributed by atoms with van der Waals surface area (Å²) in [5.41, 5.74) is 0.282. The van der Waals surface area contributed by atoms with Gasteiger partial charge in [-0.25, -0.2) is 8.78 Å². The van der Waals surface area contributed by atoms with Crippen LogP contribution >= 0.6 is 0 Å². The summed E-state index contributed by atoms with van der Waals surface area (Å²) < 4.78 is 26.7. The first-order valence-electron chi connectivity index (χ1n) is 8.50. The van der Waals surface area contributed by atoms with Gasteiger partial charge in [-0.15, -0.1) is 0 Å². The van der Waals surface area contributed by atoms with E-state index in [1.54, 1.807) is 6.07 Å². The van der Waals surface area contributed by atoms with E-state index in [0.717, 1.165) is 17.7 Å². The molecule has 2 aromatic carbocycles. The number of carbonyl (C=O) groups excluding carboxylic acids is 2.